The van der Waals surface area contributed by atoms with E-state index in [0.29, 0.717) is 19.4 Å². The van der Waals surface area contributed by atoms with Gasteiger partial charge in [0.2, 0.25) is 11.8 Å². The summed E-state index contributed by atoms with van der Waals surface area (Å²) in [5.41, 5.74) is 0. The lowest BCUT2D eigenvalue weighted by molar-refractivity contribution is -0.134. The topological polar surface area (TPSA) is 57.6 Å². The summed E-state index contributed by atoms with van der Waals surface area (Å²) in [6.45, 7) is 1.22. The number of alkyl halides is 2. The predicted octanol–water partition coefficient (Wildman–Crippen LogP) is 1.52. The third-order valence-corrected chi connectivity index (χ3v) is 2.82. The number of hydrogen-bond acceptors (Lipinski definition) is 2. The molecule has 6 heteroatoms. The second-order valence-corrected chi connectivity index (χ2v) is 4.25. The van der Waals surface area contributed by atoms with Crippen LogP contribution in [-0.2, 0) is 9.59 Å². The normalized spacial score (nSPS) is 21.8. The van der Waals surface area contributed by atoms with E-state index in [9.17, 15) is 18.4 Å². The first-order chi connectivity index (χ1) is 7.80. The minimum atomic E-state index is -2.81. The number of carboxylic acid groups (broad SMARTS) is 1. The van der Waals surface area contributed by atoms with Crippen molar-refractivity contribution in [3.8, 4) is 0 Å². The van der Waals surface area contributed by atoms with Crippen molar-refractivity contribution < 1.29 is 23.5 Å². The molecule has 1 heterocycles. The molecule has 0 aromatic heterocycles. The first kappa shape index (κ1) is 13.6. The Labute approximate surface area is 97.9 Å². The van der Waals surface area contributed by atoms with Crippen LogP contribution in [0.15, 0.2) is 12.2 Å². The number of piperidine rings is 1. The highest BCUT2D eigenvalue weighted by Crippen LogP contribution is 2.31. The van der Waals surface area contributed by atoms with Crippen molar-refractivity contribution >= 4 is 11.9 Å². The number of rotatable bonds is 3. The number of aliphatic carboxylic acids is 1. The summed E-state index contributed by atoms with van der Waals surface area (Å²) in [6, 6.07) is 0. The van der Waals surface area contributed by atoms with Gasteiger partial charge in [-0.15, -0.1) is 0 Å². The summed E-state index contributed by atoms with van der Waals surface area (Å²) >= 11 is 0. The Morgan fingerprint density at radius 2 is 2.06 bits per heavy atom. The number of amides is 1. The van der Waals surface area contributed by atoms with Gasteiger partial charge in [0.15, 0.2) is 0 Å². The van der Waals surface area contributed by atoms with E-state index in [2.05, 4.69) is 0 Å². The van der Waals surface area contributed by atoms with Crippen molar-refractivity contribution in [1.29, 1.82) is 0 Å². The molecule has 1 aliphatic heterocycles. The fraction of sp³-hybridized carbons (Fsp3) is 0.636. The molecule has 1 amide bonds. The van der Waals surface area contributed by atoms with Gasteiger partial charge in [0, 0.05) is 31.2 Å². The van der Waals surface area contributed by atoms with Crippen LogP contribution in [-0.4, -0.2) is 40.9 Å². The van der Waals surface area contributed by atoms with Gasteiger partial charge in [-0.2, -0.15) is 0 Å². The minimum Gasteiger partial charge on any atom is -0.478 e. The molecule has 96 valence electrons. The second-order valence-electron chi connectivity index (χ2n) is 4.25. The zero-order chi connectivity index (χ0) is 13.1. The molecule has 0 radical (unpaired) electrons. The molecule has 0 aromatic rings. The third kappa shape index (κ3) is 4.13. The SMILES string of the molecule is CC(F)(F)[C@@H]1CCCN(C(=O)/C=C/C(=O)O)C1. The zero-order valence-electron chi connectivity index (χ0n) is 9.53. The van der Waals surface area contributed by atoms with Crippen LogP contribution in [0.4, 0.5) is 8.78 Å². The highest BCUT2D eigenvalue weighted by atomic mass is 19.3. The van der Waals surface area contributed by atoms with Gasteiger partial charge >= 0.3 is 5.97 Å². The van der Waals surface area contributed by atoms with E-state index < -0.39 is 23.7 Å². The quantitative estimate of drug-likeness (QED) is 0.769. The maximum Gasteiger partial charge on any atom is 0.328 e. The largest absolute Gasteiger partial charge is 0.478 e. The lowest BCUT2D eigenvalue weighted by Gasteiger charge is -2.34. The van der Waals surface area contributed by atoms with Crippen molar-refractivity contribution in [2.45, 2.75) is 25.7 Å². The van der Waals surface area contributed by atoms with Crippen molar-refractivity contribution in [2.24, 2.45) is 5.92 Å². The van der Waals surface area contributed by atoms with Gasteiger partial charge in [-0.25, -0.2) is 13.6 Å². The lowest BCUT2D eigenvalue weighted by atomic mass is 9.92. The molecule has 0 unspecified atom stereocenters. The molecule has 0 spiro atoms. The Morgan fingerprint density at radius 3 is 2.59 bits per heavy atom. The van der Waals surface area contributed by atoms with Gasteiger partial charge in [-0.3, -0.25) is 4.79 Å². The zero-order valence-corrected chi connectivity index (χ0v) is 9.53. The van der Waals surface area contributed by atoms with Crippen molar-refractivity contribution in [1.82, 2.24) is 4.90 Å². The highest BCUT2D eigenvalue weighted by molar-refractivity contribution is 5.93. The number of carbonyl (C=O) groups is 2. The molecule has 4 nitrogen and oxygen atoms in total. The van der Waals surface area contributed by atoms with E-state index in [-0.39, 0.29) is 6.54 Å². The van der Waals surface area contributed by atoms with E-state index in [1.807, 2.05) is 0 Å². The molecular formula is C11H15F2NO3. The number of nitrogens with zero attached hydrogens (tertiary/aromatic N) is 1. The number of hydrogen-bond donors (Lipinski definition) is 1. The molecule has 1 rings (SSSR count). The van der Waals surface area contributed by atoms with Crippen LogP contribution in [0, 0.1) is 5.92 Å². The Morgan fingerprint density at radius 1 is 1.41 bits per heavy atom. The van der Waals surface area contributed by atoms with E-state index in [1.165, 1.54) is 4.90 Å². The van der Waals surface area contributed by atoms with Gasteiger partial charge < -0.3 is 10.0 Å². The Hall–Kier alpha value is -1.46. The predicted molar refractivity (Wildman–Crippen MR) is 56.7 cm³/mol. The Balaban J connectivity index is 2.61. The maximum absolute atomic E-state index is 13.1. The van der Waals surface area contributed by atoms with Crippen LogP contribution in [0.5, 0.6) is 0 Å². The molecule has 0 aliphatic carbocycles. The van der Waals surface area contributed by atoms with Gasteiger partial charge in [0.1, 0.15) is 0 Å². The average Bonchev–Trinajstić information content (AvgIpc) is 2.25. The summed E-state index contributed by atoms with van der Waals surface area (Å²) in [5.74, 6) is -5.41. The molecule has 17 heavy (non-hydrogen) atoms. The monoisotopic (exact) mass is 247 g/mol. The molecule has 0 aromatic carbocycles. The molecule has 1 saturated heterocycles. The number of carboxylic acids is 1. The summed E-state index contributed by atoms with van der Waals surface area (Å²) in [7, 11) is 0. The smallest absolute Gasteiger partial charge is 0.328 e. The molecular weight excluding hydrogens is 232 g/mol. The van der Waals surface area contributed by atoms with Crippen molar-refractivity contribution in [3.05, 3.63) is 12.2 Å². The average molecular weight is 247 g/mol. The molecule has 1 atom stereocenters. The highest BCUT2D eigenvalue weighted by Gasteiger charge is 2.37. The molecule has 1 fully saturated rings. The number of likely N-dealkylation sites (tertiary alicyclic amines) is 1. The molecule has 1 N–H and O–H groups in total. The van der Waals surface area contributed by atoms with E-state index in [0.717, 1.165) is 19.1 Å². The molecule has 0 saturated carbocycles. The third-order valence-electron chi connectivity index (χ3n) is 2.82. The first-order valence-electron chi connectivity index (χ1n) is 5.38. The Kier molecular flexibility index (Phi) is 4.20. The van der Waals surface area contributed by atoms with Gasteiger partial charge in [0.05, 0.1) is 0 Å². The summed E-state index contributed by atoms with van der Waals surface area (Å²) in [6.07, 6.45) is 2.52. The van der Waals surface area contributed by atoms with E-state index in [4.69, 9.17) is 5.11 Å². The van der Waals surface area contributed by atoms with Crippen LogP contribution >= 0.6 is 0 Å². The summed E-state index contributed by atoms with van der Waals surface area (Å²) < 4.78 is 26.2. The van der Waals surface area contributed by atoms with Crippen molar-refractivity contribution in [3.63, 3.8) is 0 Å². The lowest BCUT2D eigenvalue weighted by Crippen LogP contribution is -2.44. The number of carbonyl (C=O) groups excluding carboxylic acids is 1. The number of halogens is 2. The van der Waals surface area contributed by atoms with Gasteiger partial charge in [-0.1, -0.05) is 0 Å². The fourth-order valence-corrected chi connectivity index (χ4v) is 1.84. The maximum atomic E-state index is 13.1. The van der Waals surface area contributed by atoms with Crippen LogP contribution in [0.25, 0.3) is 0 Å². The van der Waals surface area contributed by atoms with E-state index >= 15 is 0 Å². The fourth-order valence-electron chi connectivity index (χ4n) is 1.84. The summed E-state index contributed by atoms with van der Waals surface area (Å²) in [5, 5.41) is 8.36. The Bertz CT molecular complexity index is 336. The van der Waals surface area contributed by atoms with E-state index in [1.54, 1.807) is 0 Å². The molecule has 0 bridgehead atoms. The van der Waals surface area contributed by atoms with Crippen LogP contribution in [0.1, 0.15) is 19.8 Å². The van der Waals surface area contributed by atoms with Gasteiger partial charge in [-0.05, 0) is 19.8 Å². The summed E-state index contributed by atoms with van der Waals surface area (Å²) in [4.78, 5) is 23.0. The first-order valence-corrected chi connectivity index (χ1v) is 5.38. The van der Waals surface area contributed by atoms with Crippen molar-refractivity contribution in [2.75, 3.05) is 13.1 Å². The van der Waals surface area contributed by atoms with Crippen LogP contribution < -0.4 is 0 Å². The molecule has 1 aliphatic rings. The minimum absolute atomic E-state index is 0.0215. The standard InChI is InChI=1S/C11H15F2NO3/c1-11(12,13)8-3-2-6-14(7-8)9(15)4-5-10(16)17/h4-5,8H,2-3,6-7H2,1H3,(H,16,17)/b5-4+/t8-/m1/s1. The van der Waals surface area contributed by atoms with Crippen LogP contribution in [0.2, 0.25) is 0 Å². The second kappa shape index (κ2) is 5.25. The van der Waals surface area contributed by atoms with Crippen LogP contribution in [0.3, 0.4) is 0 Å². The van der Waals surface area contributed by atoms with Gasteiger partial charge in [0.25, 0.3) is 0 Å².